The molecule has 0 fully saturated rings. The van der Waals surface area contributed by atoms with Crippen LogP contribution in [0.3, 0.4) is 0 Å². The molecule has 2 heterocycles. The molecule has 0 N–H and O–H groups in total. The maximum absolute atomic E-state index is 13.8. The van der Waals surface area contributed by atoms with Crippen molar-refractivity contribution in [2.24, 2.45) is 0 Å². The number of amides is 1. The Hall–Kier alpha value is -2.15. The first-order valence-electron chi connectivity index (χ1n) is 6.98. The Kier molecular flexibility index (Phi) is 4.47. The summed E-state index contributed by atoms with van der Waals surface area (Å²) in [6, 6.07) is 5.43. The number of nitrogens with zero attached hydrogens (tertiary/aromatic N) is 2. The molecular weight excluding hydrogens is 322 g/mol. The maximum Gasteiger partial charge on any atom is 0.277 e. The largest absolute Gasteiger partial charge is 0.486 e. The van der Waals surface area contributed by atoms with Crippen LogP contribution in [0.5, 0.6) is 5.75 Å². The molecule has 0 saturated carbocycles. The van der Waals surface area contributed by atoms with Crippen LogP contribution in [0.4, 0.5) is 14.5 Å². The van der Waals surface area contributed by atoms with Gasteiger partial charge in [0.05, 0.1) is 12.2 Å². The first-order chi connectivity index (χ1) is 11.1. The molecule has 0 aliphatic carbocycles. The highest BCUT2D eigenvalue weighted by Crippen LogP contribution is 2.36. The second kappa shape index (κ2) is 6.54. The van der Waals surface area contributed by atoms with E-state index in [1.165, 1.54) is 11.1 Å². The van der Waals surface area contributed by atoms with Gasteiger partial charge >= 0.3 is 0 Å². The lowest BCUT2D eigenvalue weighted by atomic mass is 10.1. The van der Waals surface area contributed by atoms with E-state index in [4.69, 9.17) is 4.74 Å². The van der Waals surface area contributed by atoms with Crippen molar-refractivity contribution in [3.63, 3.8) is 0 Å². The van der Waals surface area contributed by atoms with E-state index in [9.17, 15) is 13.6 Å². The van der Waals surface area contributed by atoms with Gasteiger partial charge in [0.2, 0.25) is 0 Å². The van der Waals surface area contributed by atoms with Gasteiger partial charge in [-0.3, -0.25) is 14.7 Å². The number of rotatable bonds is 3. The van der Waals surface area contributed by atoms with Crippen LogP contribution >= 0.6 is 11.8 Å². The third-order valence-corrected chi connectivity index (χ3v) is 4.08. The zero-order chi connectivity index (χ0) is 16.4. The van der Waals surface area contributed by atoms with Crippen LogP contribution in [0.25, 0.3) is 0 Å². The van der Waals surface area contributed by atoms with Crippen molar-refractivity contribution in [3.05, 3.63) is 53.4 Å². The zero-order valence-electron chi connectivity index (χ0n) is 12.4. The van der Waals surface area contributed by atoms with E-state index in [0.717, 1.165) is 17.7 Å². The van der Waals surface area contributed by atoms with Crippen molar-refractivity contribution in [3.8, 4) is 5.75 Å². The maximum atomic E-state index is 13.8. The average Bonchev–Trinajstić information content (AvgIpc) is 2.54. The summed E-state index contributed by atoms with van der Waals surface area (Å²) in [5, 5.41) is 0. The summed E-state index contributed by atoms with van der Waals surface area (Å²) in [7, 11) is 0. The van der Waals surface area contributed by atoms with Crippen molar-refractivity contribution in [1.82, 2.24) is 4.98 Å². The predicted molar refractivity (Wildman–Crippen MR) is 85.0 cm³/mol. The molecule has 2 aromatic rings. The van der Waals surface area contributed by atoms with E-state index in [1.807, 2.05) is 12.3 Å². The molecule has 1 amide bonds. The third kappa shape index (κ3) is 3.01. The topological polar surface area (TPSA) is 42.4 Å². The van der Waals surface area contributed by atoms with E-state index in [1.54, 1.807) is 17.8 Å². The SMILES string of the molecule is CSCc1cccnc1C(=O)N1CCOc2c(F)cc(F)cc21. The molecular formula is C16H14F2N2O2S. The summed E-state index contributed by atoms with van der Waals surface area (Å²) in [5.74, 6) is -1.43. The summed E-state index contributed by atoms with van der Waals surface area (Å²) in [6.07, 6.45) is 3.46. The van der Waals surface area contributed by atoms with Crippen molar-refractivity contribution in [1.29, 1.82) is 0 Å². The van der Waals surface area contributed by atoms with Gasteiger partial charge in [-0.15, -0.1) is 0 Å². The summed E-state index contributed by atoms with van der Waals surface area (Å²) in [6.45, 7) is 0.357. The molecule has 7 heteroatoms. The fourth-order valence-corrected chi connectivity index (χ4v) is 3.04. The fraction of sp³-hybridized carbons (Fsp3) is 0.250. The molecule has 23 heavy (non-hydrogen) atoms. The van der Waals surface area contributed by atoms with E-state index in [2.05, 4.69) is 4.98 Å². The van der Waals surface area contributed by atoms with Gasteiger partial charge in [0.1, 0.15) is 18.1 Å². The number of ether oxygens (including phenoxy) is 1. The molecule has 0 atom stereocenters. The highest BCUT2D eigenvalue weighted by atomic mass is 32.2. The van der Waals surface area contributed by atoms with Crippen LogP contribution < -0.4 is 9.64 Å². The Bertz CT molecular complexity index is 755. The zero-order valence-corrected chi connectivity index (χ0v) is 13.2. The summed E-state index contributed by atoms with van der Waals surface area (Å²) < 4.78 is 32.6. The van der Waals surface area contributed by atoms with Gasteiger partial charge in [0.25, 0.3) is 5.91 Å². The lowest BCUT2D eigenvalue weighted by Crippen LogP contribution is -2.39. The van der Waals surface area contributed by atoms with Crippen molar-refractivity contribution >= 4 is 23.4 Å². The average molecular weight is 336 g/mol. The number of hydrogen-bond donors (Lipinski definition) is 0. The summed E-state index contributed by atoms with van der Waals surface area (Å²) in [4.78, 5) is 18.3. The summed E-state index contributed by atoms with van der Waals surface area (Å²) in [5.41, 5.74) is 1.17. The second-order valence-corrected chi connectivity index (χ2v) is 5.85. The highest BCUT2D eigenvalue weighted by molar-refractivity contribution is 7.97. The van der Waals surface area contributed by atoms with Gasteiger partial charge in [-0.2, -0.15) is 11.8 Å². The minimum absolute atomic E-state index is 0.0968. The second-order valence-electron chi connectivity index (χ2n) is 4.99. The normalized spacial score (nSPS) is 13.4. The number of pyridine rings is 1. The predicted octanol–water partition coefficient (Wildman–Crippen LogP) is 3.26. The molecule has 4 nitrogen and oxygen atoms in total. The van der Waals surface area contributed by atoms with Crippen LogP contribution in [0, 0.1) is 11.6 Å². The first kappa shape index (κ1) is 15.7. The van der Waals surface area contributed by atoms with Crippen LogP contribution in [0.15, 0.2) is 30.5 Å². The van der Waals surface area contributed by atoms with E-state index < -0.39 is 11.6 Å². The quantitative estimate of drug-likeness (QED) is 0.863. The number of thioether (sulfide) groups is 1. The molecule has 1 aliphatic rings. The van der Waals surface area contributed by atoms with E-state index in [-0.39, 0.29) is 30.5 Å². The molecule has 1 aromatic carbocycles. The van der Waals surface area contributed by atoms with Gasteiger partial charge in [0.15, 0.2) is 11.6 Å². The molecule has 3 rings (SSSR count). The molecule has 1 aliphatic heterocycles. The van der Waals surface area contributed by atoms with Gasteiger partial charge < -0.3 is 4.74 Å². The number of aromatic nitrogens is 1. The van der Waals surface area contributed by atoms with Gasteiger partial charge in [-0.1, -0.05) is 6.07 Å². The Morgan fingerprint density at radius 2 is 2.26 bits per heavy atom. The lowest BCUT2D eigenvalue weighted by molar-refractivity contribution is 0.0970. The van der Waals surface area contributed by atoms with Crippen molar-refractivity contribution in [2.45, 2.75) is 5.75 Å². The number of benzene rings is 1. The van der Waals surface area contributed by atoms with Crippen LogP contribution in [0.1, 0.15) is 16.1 Å². The molecule has 0 spiro atoms. The molecule has 1 aromatic heterocycles. The van der Waals surface area contributed by atoms with Crippen molar-refractivity contribution < 1.29 is 18.3 Å². The monoisotopic (exact) mass is 336 g/mol. The molecule has 0 bridgehead atoms. The van der Waals surface area contributed by atoms with Crippen molar-refractivity contribution in [2.75, 3.05) is 24.3 Å². The first-order valence-corrected chi connectivity index (χ1v) is 8.37. The molecule has 0 unspecified atom stereocenters. The molecule has 120 valence electrons. The number of halogens is 2. The minimum atomic E-state index is -0.817. The molecule has 0 radical (unpaired) electrons. The third-order valence-electron chi connectivity index (χ3n) is 3.48. The smallest absolute Gasteiger partial charge is 0.277 e. The minimum Gasteiger partial charge on any atom is -0.486 e. The van der Waals surface area contributed by atoms with E-state index >= 15 is 0 Å². The number of hydrogen-bond acceptors (Lipinski definition) is 4. The number of carbonyl (C=O) groups is 1. The van der Waals surface area contributed by atoms with Crippen LogP contribution in [0.2, 0.25) is 0 Å². The highest BCUT2D eigenvalue weighted by Gasteiger charge is 2.29. The Labute approximate surface area is 136 Å². The molecule has 0 saturated heterocycles. The van der Waals surface area contributed by atoms with E-state index in [0.29, 0.717) is 11.4 Å². The standard InChI is InChI=1S/C16H14F2N2O2S/c1-23-9-10-3-2-4-19-14(10)16(21)20-5-6-22-15-12(18)7-11(17)8-13(15)20/h2-4,7-8H,5-6,9H2,1H3. The Morgan fingerprint density at radius 3 is 3.04 bits per heavy atom. The number of anilines is 1. The Balaban J connectivity index is 2.03. The lowest BCUT2D eigenvalue weighted by Gasteiger charge is -2.30. The fourth-order valence-electron chi connectivity index (χ4n) is 2.49. The Morgan fingerprint density at radius 1 is 1.43 bits per heavy atom. The van der Waals surface area contributed by atoms with Gasteiger partial charge in [0, 0.05) is 24.1 Å². The van der Waals surface area contributed by atoms with Gasteiger partial charge in [-0.25, -0.2) is 8.78 Å². The summed E-state index contributed by atoms with van der Waals surface area (Å²) >= 11 is 1.57. The number of fused-ring (bicyclic) bond motifs is 1. The number of carbonyl (C=O) groups excluding carboxylic acids is 1. The van der Waals surface area contributed by atoms with Gasteiger partial charge in [-0.05, 0) is 17.9 Å². The van der Waals surface area contributed by atoms with Crippen LogP contribution in [-0.4, -0.2) is 30.3 Å². The van der Waals surface area contributed by atoms with Crippen LogP contribution in [-0.2, 0) is 5.75 Å².